The van der Waals surface area contributed by atoms with Crippen LogP contribution in [0.4, 0.5) is 10.1 Å². The molecule has 2 N–H and O–H groups in total. The van der Waals surface area contributed by atoms with Crippen molar-refractivity contribution < 1.29 is 23.8 Å². The maximum absolute atomic E-state index is 13.1. The van der Waals surface area contributed by atoms with Gasteiger partial charge in [0.1, 0.15) is 17.1 Å². The average molecular weight is 317 g/mol. The number of amides is 1. The van der Waals surface area contributed by atoms with Crippen LogP contribution in [0.25, 0.3) is 0 Å². The fourth-order valence-electron chi connectivity index (χ4n) is 1.90. The van der Waals surface area contributed by atoms with Crippen LogP contribution in [0.15, 0.2) is 42.5 Å². The summed E-state index contributed by atoms with van der Waals surface area (Å²) >= 11 is 0. The van der Waals surface area contributed by atoms with Crippen molar-refractivity contribution in [1.82, 2.24) is 0 Å². The van der Waals surface area contributed by atoms with E-state index in [9.17, 15) is 19.1 Å². The van der Waals surface area contributed by atoms with Gasteiger partial charge in [-0.2, -0.15) is 0 Å². The number of anilines is 1. The molecule has 0 fully saturated rings. The fraction of sp³-hybridized carbons (Fsp3) is 0.176. The molecule has 23 heavy (non-hydrogen) atoms. The van der Waals surface area contributed by atoms with Crippen LogP contribution >= 0.6 is 0 Å². The van der Waals surface area contributed by atoms with Gasteiger partial charge in [-0.05, 0) is 49.7 Å². The summed E-state index contributed by atoms with van der Waals surface area (Å²) in [5, 5.41) is 12.2. The molecule has 0 bridgehead atoms. The normalized spacial score (nSPS) is 11.6. The number of carbonyl (C=O) groups excluding carboxylic acids is 2. The standard InChI is InChI=1S/C17H16FNO4/c1-10-6-7-14(15(20)8-10)17(22)23-11(2)16(21)19-13-5-3-4-12(18)9-13/h3-9,11,20H,1-2H3,(H,19,21)/t11-/m1/s1. The summed E-state index contributed by atoms with van der Waals surface area (Å²) in [6, 6.07) is 9.86. The SMILES string of the molecule is Cc1ccc(C(=O)O[C@H](C)C(=O)Nc2cccc(F)c2)c(O)c1. The Morgan fingerprint density at radius 2 is 1.96 bits per heavy atom. The lowest BCUT2D eigenvalue weighted by Gasteiger charge is -2.14. The Balaban J connectivity index is 2.01. The second kappa shape index (κ2) is 6.91. The quantitative estimate of drug-likeness (QED) is 0.850. The largest absolute Gasteiger partial charge is 0.507 e. The smallest absolute Gasteiger partial charge is 0.342 e. The van der Waals surface area contributed by atoms with Crippen LogP contribution < -0.4 is 5.32 Å². The van der Waals surface area contributed by atoms with Crippen LogP contribution in [-0.4, -0.2) is 23.1 Å². The molecule has 2 rings (SSSR count). The maximum Gasteiger partial charge on any atom is 0.342 e. The van der Waals surface area contributed by atoms with Crippen LogP contribution in [0.3, 0.4) is 0 Å². The number of halogens is 1. The van der Waals surface area contributed by atoms with Crippen LogP contribution in [-0.2, 0) is 9.53 Å². The molecule has 1 atom stereocenters. The number of aromatic hydroxyl groups is 1. The van der Waals surface area contributed by atoms with Crippen LogP contribution in [0.5, 0.6) is 5.75 Å². The molecule has 2 aromatic rings. The van der Waals surface area contributed by atoms with Crippen LogP contribution in [0.2, 0.25) is 0 Å². The molecular weight excluding hydrogens is 301 g/mol. The summed E-state index contributed by atoms with van der Waals surface area (Å²) in [5.74, 6) is -2.12. The Bertz CT molecular complexity index is 745. The Morgan fingerprint density at radius 3 is 2.61 bits per heavy atom. The third kappa shape index (κ3) is 4.29. The predicted octanol–water partition coefficient (Wildman–Crippen LogP) is 3.02. The fourth-order valence-corrected chi connectivity index (χ4v) is 1.90. The molecule has 0 aliphatic rings. The molecule has 0 spiro atoms. The third-order valence-electron chi connectivity index (χ3n) is 3.12. The van der Waals surface area contributed by atoms with Crippen molar-refractivity contribution in [3.05, 3.63) is 59.4 Å². The van der Waals surface area contributed by atoms with Gasteiger partial charge in [0, 0.05) is 5.69 Å². The van der Waals surface area contributed by atoms with Gasteiger partial charge in [-0.15, -0.1) is 0 Å². The number of phenolic OH excluding ortho intramolecular Hbond substituents is 1. The summed E-state index contributed by atoms with van der Waals surface area (Å²) < 4.78 is 18.1. The van der Waals surface area contributed by atoms with Crippen molar-refractivity contribution in [1.29, 1.82) is 0 Å². The van der Waals surface area contributed by atoms with Crippen molar-refractivity contribution in [3.63, 3.8) is 0 Å². The molecule has 6 heteroatoms. The van der Waals surface area contributed by atoms with E-state index < -0.39 is 23.8 Å². The molecule has 0 unspecified atom stereocenters. The predicted molar refractivity (Wildman–Crippen MR) is 82.8 cm³/mol. The number of carbonyl (C=O) groups is 2. The Labute approximate surface area is 132 Å². The number of ether oxygens (including phenoxy) is 1. The van der Waals surface area contributed by atoms with E-state index in [0.717, 1.165) is 11.6 Å². The molecule has 0 saturated carbocycles. The Morgan fingerprint density at radius 1 is 1.22 bits per heavy atom. The van der Waals surface area contributed by atoms with Gasteiger partial charge in [-0.1, -0.05) is 12.1 Å². The molecule has 5 nitrogen and oxygen atoms in total. The average Bonchev–Trinajstić information content (AvgIpc) is 2.46. The monoisotopic (exact) mass is 317 g/mol. The molecule has 0 aromatic heterocycles. The lowest BCUT2D eigenvalue weighted by molar-refractivity contribution is -0.123. The first-order valence-corrected chi connectivity index (χ1v) is 6.94. The van der Waals surface area contributed by atoms with E-state index >= 15 is 0 Å². The minimum Gasteiger partial charge on any atom is -0.507 e. The summed E-state index contributed by atoms with van der Waals surface area (Å²) in [6.07, 6.45) is -1.11. The van der Waals surface area contributed by atoms with Crippen LogP contribution in [0.1, 0.15) is 22.8 Å². The number of nitrogens with one attached hydrogen (secondary N) is 1. The number of rotatable bonds is 4. The molecular formula is C17H16FNO4. The van der Waals surface area contributed by atoms with Gasteiger partial charge in [0.15, 0.2) is 6.10 Å². The zero-order valence-corrected chi connectivity index (χ0v) is 12.7. The minimum absolute atomic E-state index is 0.0268. The summed E-state index contributed by atoms with van der Waals surface area (Å²) in [5.41, 5.74) is 1.02. The summed E-state index contributed by atoms with van der Waals surface area (Å²) in [6.45, 7) is 3.15. The van der Waals surface area contributed by atoms with E-state index in [4.69, 9.17) is 4.74 Å². The number of aryl methyl sites for hydroxylation is 1. The van der Waals surface area contributed by atoms with Gasteiger partial charge >= 0.3 is 5.97 Å². The first-order chi connectivity index (χ1) is 10.9. The topological polar surface area (TPSA) is 75.6 Å². The number of benzene rings is 2. The van der Waals surface area contributed by atoms with Gasteiger partial charge in [-0.3, -0.25) is 4.79 Å². The second-order valence-corrected chi connectivity index (χ2v) is 5.07. The highest BCUT2D eigenvalue weighted by atomic mass is 19.1. The molecule has 0 aliphatic carbocycles. The lowest BCUT2D eigenvalue weighted by atomic mass is 10.1. The summed E-state index contributed by atoms with van der Waals surface area (Å²) in [4.78, 5) is 23.9. The van der Waals surface area contributed by atoms with Crippen LogP contribution in [0, 0.1) is 12.7 Å². The molecule has 1 amide bonds. The van der Waals surface area contributed by atoms with Crippen molar-refractivity contribution >= 4 is 17.6 Å². The molecule has 0 aliphatic heterocycles. The number of esters is 1. The van der Waals surface area contributed by atoms with Gasteiger partial charge in [0.05, 0.1) is 0 Å². The number of phenols is 1. The molecule has 120 valence electrons. The highest BCUT2D eigenvalue weighted by molar-refractivity contribution is 5.98. The van der Waals surface area contributed by atoms with Crippen molar-refractivity contribution in [3.8, 4) is 5.75 Å². The van der Waals surface area contributed by atoms with Gasteiger partial charge in [-0.25, -0.2) is 9.18 Å². The molecule has 0 radical (unpaired) electrons. The van der Waals surface area contributed by atoms with Gasteiger partial charge in [0.25, 0.3) is 5.91 Å². The molecule has 2 aromatic carbocycles. The zero-order valence-electron chi connectivity index (χ0n) is 12.7. The minimum atomic E-state index is -1.11. The number of hydrogen-bond donors (Lipinski definition) is 2. The van der Waals surface area contributed by atoms with E-state index in [1.54, 1.807) is 13.0 Å². The van der Waals surface area contributed by atoms with E-state index in [-0.39, 0.29) is 17.0 Å². The highest BCUT2D eigenvalue weighted by Gasteiger charge is 2.21. The van der Waals surface area contributed by atoms with E-state index in [1.807, 2.05) is 0 Å². The summed E-state index contributed by atoms with van der Waals surface area (Å²) in [7, 11) is 0. The van der Waals surface area contributed by atoms with Crippen molar-refractivity contribution in [2.75, 3.05) is 5.32 Å². The van der Waals surface area contributed by atoms with Crippen molar-refractivity contribution in [2.24, 2.45) is 0 Å². The lowest BCUT2D eigenvalue weighted by Crippen LogP contribution is -2.30. The van der Waals surface area contributed by atoms with Crippen molar-refractivity contribution in [2.45, 2.75) is 20.0 Å². The molecule has 0 saturated heterocycles. The first-order valence-electron chi connectivity index (χ1n) is 6.94. The highest BCUT2D eigenvalue weighted by Crippen LogP contribution is 2.20. The first kappa shape index (κ1) is 16.5. The van der Waals surface area contributed by atoms with Gasteiger partial charge in [0.2, 0.25) is 0 Å². The number of hydrogen-bond acceptors (Lipinski definition) is 4. The third-order valence-corrected chi connectivity index (χ3v) is 3.12. The zero-order chi connectivity index (χ0) is 17.0. The van der Waals surface area contributed by atoms with E-state index in [0.29, 0.717) is 0 Å². The van der Waals surface area contributed by atoms with Gasteiger partial charge < -0.3 is 15.2 Å². The van der Waals surface area contributed by atoms with E-state index in [1.165, 1.54) is 37.3 Å². The Kier molecular flexibility index (Phi) is 4.95. The second-order valence-electron chi connectivity index (χ2n) is 5.07. The molecule has 0 heterocycles. The Hall–Kier alpha value is -2.89. The van der Waals surface area contributed by atoms with E-state index in [2.05, 4.69) is 5.32 Å². The maximum atomic E-state index is 13.1.